The van der Waals surface area contributed by atoms with Crippen LogP contribution in [0.1, 0.15) is 30.4 Å². The van der Waals surface area contributed by atoms with Crippen LogP contribution in [0.5, 0.6) is 0 Å². The van der Waals surface area contributed by atoms with Gasteiger partial charge in [0.2, 0.25) is 0 Å². The van der Waals surface area contributed by atoms with Crippen molar-refractivity contribution >= 4 is 27.5 Å². The van der Waals surface area contributed by atoms with Crippen LogP contribution in [0, 0.1) is 0 Å². The summed E-state index contributed by atoms with van der Waals surface area (Å²) >= 11 is 9.76. The maximum atomic E-state index is 6.28. The standard InChI is InChI=1S/C12H15BrClNO/c1-16-7-9-10(13)5-8(6-11(9)14)12(15)3-2-4-12/h5-6H,2-4,7,15H2,1H3. The first-order valence-corrected chi connectivity index (χ1v) is 6.50. The number of methoxy groups -OCH3 is 1. The highest BCUT2D eigenvalue weighted by Crippen LogP contribution is 2.41. The zero-order valence-corrected chi connectivity index (χ0v) is 11.6. The Hall–Kier alpha value is -0.0900. The summed E-state index contributed by atoms with van der Waals surface area (Å²) in [5.41, 5.74) is 8.21. The molecular formula is C12H15BrClNO. The van der Waals surface area contributed by atoms with Gasteiger partial charge in [-0.2, -0.15) is 0 Å². The van der Waals surface area contributed by atoms with Crippen molar-refractivity contribution in [3.05, 3.63) is 32.8 Å². The second-order valence-electron chi connectivity index (χ2n) is 4.36. The van der Waals surface area contributed by atoms with E-state index in [4.69, 9.17) is 22.1 Å². The second-order valence-corrected chi connectivity index (χ2v) is 5.62. The fourth-order valence-electron chi connectivity index (χ4n) is 2.02. The van der Waals surface area contributed by atoms with Crippen LogP contribution in [0.4, 0.5) is 0 Å². The van der Waals surface area contributed by atoms with Crippen LogP contribution in [0.3, 0.4) is 0 Å². The molecule has 1 saturated carbocycles. The topological polar surface area (TPSA) is 35.2 Å². The van der Waals surface area contributed by atoms with E-state index in [1.54, 1.807) is 7.11 Å². The zero-order valence-electron chi connectivity index (χ0n) is 9.22. The Morgan fingerprint density at radius 3 is 2.62 bits per heavy atom. The molecule has 0 amide bonds. The van der Waals surface area contributed by atoms with Gasteiger partial charge in [0.1, 0.15) is 0 Å². The minimum absolute atomic E-state index is 0.169. The van der Waals surface area contributed by atoms with Gasteiger partial charge in [-0.15, -0.1) is 0 Å². The van der Waals surface area contributed by atoms with E-state index >= 15 is 0 Å². The van der Waals surface area contributed by atoms with Gasteiger partial charge in [0.25, 0.3) is 0 Å². The summed E-state index contributed by atoms with van der Waals surface area (Å²) in [7, 11) is 1.66. The average molecular weight is 305 g/mol. The zero-order chi connectivity index (χ0) is 11.8. The summed E-state index contributed by atoms with van der Waals surface area (Å²) in [6, 6.07) is 4.04. The van der Waals surface area contributed by atoms with Crippen LogP contribution in [0.25, 0.3) is 0 Å². The molecule has 0 bridgehead atoms. The monoisotopic (exact) mass is 303 g/mol. The van der Waals surface area contributed by atoms with Gasteiger partial charge in [-0.05, 0) is 37.0 Å². The lowest BCUT2D eigenvalue weighted by Crippen LogP contribution is -2.43. The van der Waals surface area contributed by atoms with E-state index in [1.807, 2.05) is 6.07 Å². The lowest BCUT2D eigenvalue weighted by Gasteiger charge is -2.39. The van der Waals surface area contributed by atoms with Gasteiger partial charge >= 0.3 is 0 Å². The molecule has 1 fully saturated rings. The molecule has 2 N–H and O–H groups in total. The van der Waals surface area contributed by atoms with Gasteiger partial charge in [0, 0.05) is 27.7 Å². The molecule has 1 aliphatic carbocycles. The normalized spacial score (nSPS) is 18.2. The van der Waals surface area contributed by atoms with E-state index < -0.39 is 0 Å². The summed E-state index contributed by atoms with van der Waals surface area (Å²) in [5.74, 6) is 0. The van der Waals surface area contributed by atoms with Gasteiger partial charge in [0.05, 0.1) is 6.61 Å². The van der Waals surface area contributed by atoms with Crippen molar-refractivity contribution in [2.45, 2.75) is 31.4 Å². The van der Waals surface area contributed by atoms with Crippen molar-refractivity contribution in [2.75, 3.05) is 7.11 Å². The van der Waals surface area contributed by atoms with Crippen molar-refractivity contribution in [3.63, 3.8) is 0 Å². The van der Waals surface area contributed by atoms with Crippen molar-refractivity contribution in [3.8, 4) is 0 Å². The molecule has 2 nitrogen and oxygen atoms in total. The molecular weight excluding hydrogens is 289 g/mol. The predicted octanol–water partition coefficient (Wildman–Crippen LogP) is 3.59. The Balaban J connectivity index is 2.36. The van der Waals surface area contributed by atoms with Crippen molar-refractivity contribution < 1.29 is 4.74 Å². The molecule has 0 unspecified atom stereocenters. The third-order valence-corrected chi connectivity index (χ3v) is 4.30. The number of ether oxygens (including phenoxy) is 1. The first-order chi connectivity index (χ1) is 7.57. The minimum atomic E-state index is -0.169. The molecule has 1 aromatic carbocycles. The van der Waals surface area contributed by atoms with E-state index in [1.165, 1.54) is 6.42 Å². The Morgan fingerprint density at radius 1 is 1.50 bits per heavy atom. The Labute approximate surface area is 109 Å². The Bertz CT molecular complexity index is 381. The molecule has 1 aliphatic rings. The second kappa shape index (κ2) is 4.65. The highest BCUT2D eigenvalue weighted by Gasteiger charge is 2.35. The minimum Gasteiger partial charge on any atom is -0.380 e. The Morgan fingerprint density at radius 2 is 2.19 bits per heavy atom. The molecule has 0 saturated heterocycles. The molecule has 0 heterocycles. The molecule has 0 aliphatic heterocycles. The summed E-state index contributed by atoms with van der Waals surface area (Å²) in [6.07, 6.45) is 3.28. The smallest absolute Gasteiger partial charge is 0.0738 e. The number of hydrogen-bond donors (Lipinski definition) is 1. The van der Waals surface area contributed by atoms with Crippen LogP contribution in [-0.4, -0.2) is 7.11 Å². The third-order valence-electron chi connectivity index (χ3n) is 3.25. The molecule has 0 aromatic heterocycles. The lowest BCUT2D eigenvalue weighted by molar-refractivity contribution is 0.184. The van der Waals surface area contributed by atoms with Gasteiger partial charge < -0.3 is 10.5 Å². The van der Waals surface area contributed by atoms with Crippen molar-refractivity contribution in [1.29, 1.82) is 0 Å². The van der Waals surface area contributed by atoms with E-state index in [-0.39, 0.29) is 5.54 Å². The molecule has 0 spiro atoms. The van der Waals surface area contributed by atoms with Gasteiger partial charge in [-0.3, -0.25) is 0 Å². The van der Waals surface area contributed by atoms with Crippen molar-refractivity contribution in [2.24, 2.45) is 5.73 Å². The number of benzene rings is 1. The van der Waals surface area contributed by atoms with E-state index in [9.17, 15) is 0 Å². The molecule has 2 rings (SSSR count). The first-order valence-electron chi connectivity index (χ1n) is 5.33. The largest absolute Gasteiger partial charge is 0.380 e. The van der Waals surface area contributed by atoms with E-state index in [0.717, 1.165) is 33.5 Å². The summed E-state index contributed by atoms with van der Waals surface area (Å²) in [5, 5.41) is 0.725. The summed E-state index contributed by atoms with van der Waals surface area (Å²) in [4.78, 5) is 0. The molecule has 16 heavy (non-hydrogen) atoms. The van der Waals surface area contributed by atoms with E-state index in [2.05, 4.69) is 22.0 Å². The number of halogens is 2. The Kier molecular flexibility index (Phi) is 3.59. The van der Waals surface area contributed by atoms with Crippen LogP contribution in [-0.2, 0) is 16.9 Å². The number of nitrogens with two attached hydrogens (primary N) is 1. The van der Waals surface area contributed by atoms with Gasteiger partial charge in [-0.1, -0.05) is 27.5 Å². The fourth-order valence-corrected chi connectivity index (χ4v) is 2.98. The number of hydrogen-bond acceptors (Lipinski definition) is 2. The third kappa shape index (κ3) is 2.14. The maximum absolute atomic E-state index is 6.28. The molecule has 88 valence electrons. The van der Waals surface area contributed by atoms with Crippen LogP contribution in [0.15, 0.2) is 16.6 Å². The number of rotatable bonds is 3. The maximum Gasteiger partial charge on any atom is 0.0738 e. The van der Waals surface area contributed by atoms with E-state index in [0.29, 0.717) is 6.61 Å². The quantitative estimate of drug-likeness (QED) is 0.926. The van der Waals surface area contributed by atoms with Crippen LogP contribution >= 0.6 is 27.5 Å². The average Bonchev–Trinajstić information content (AvgIpc) is 2.19. The molecule has 0 radical (unpaired) electrons. The van der Waals surface area contributed by atoms with Crippen molar-refractivity contribution in [1.82, 2.24) is 0 Å². The highest BCUT2D eigenvalue weighted by atomic mass is 79.9. The fraction of sp³-hybridized carbons (Fsp3) is 0.500. The van der Waals surface area contributed by atoms with Gasteiger partial charge in [0.15, 0.2) is 0 Å². The van der Waals surface area contributed by atoms with Crippen LogP contribution < -0.4 is 5.73 Å². The van der Waals surface area contributed by atoms with Crippen LogP contribution in [0.2, 0.25) is 5.02 Å². The summed E-state index contributed by atoms with van der Waals surface area (Å²) in [6.45, 7) is 0.511. The molecule has 0 atom stereocenters. The molecule has 1 aromatic rings. The lowest BCUT2D eigenvalue weighted by atomic mass is 9.73. The predicted molar refractivity (Wildman–Crippen MR) is 69.6 cm³/mol. The highest BCUT2D eigenvalue weighted by molar-refractivity contribution is 9.10. The molecule has 4 heteroatoms. The summed E-state index contributed by atoms with van der Waals surface area (Å²) < 4.78 is 6.09. The first kappa shape index (κ1) is 12.4. The van der Waals surface area contributed by atoms with Gasteiger partial charge in [-0.25, -0.2) is 0 Å². The SMILES string of the molecule is COCc1c(Cl)cc(C2(N)CCC2)cc1Br.